The third kappa shape index (κ3) is 2.40. The second kappa shape index (κ2) is 4.62. The lowest BCUT2D eigenvalue weighted by molar-refractivity contribution is 1.22. The summed E-state index contributed by atoms with van der Waals surface area (Å²) in [6.07, 6.45) is 5.17. The summed E-state index contributed by atoms with van der Waals surface area (Å²) in [5, 5.41) is 12.2. The molecule has 0 spiro atoms. The Hall–Kier alpha value is -2.41. The molecule has 2 aromatic heterocycles. The van der Waals surface area contributed by atoms with E-state index in [9.17, 15) is 0 Å². The molecule has 0 aliphatic carbocycles. The van der Waals surface area contributed by atoms with Gasteiger partial charge in [0.05, 0.1) is 17.4 Å². The SMILES string of the molecule is Cc1cncc(Nc2nccc(C)c2C#N)c1. The normalized spacial score (nSPS) is 9.71. The molecule has 0 aliphatic heterocycles. The second-order valence-corrected chi connectivity index (χ2v) is 3.84. The minimum atomic E-state index is 0.564. The van der Waals surface area contributed by atoms with Gasteiger partial charge in [-0.15, -0.1) is 0 Å². The Labute approximate surface area is 100.0 Å². The Morgan fingerprint density at radius 2 is 2.12 bits per heavy atom. The molecule has 0 saturated carbocycles. The van der Waals surface area contributed by atoms with Gasteiger partial charge in [-0.3, -0.25) is 4.98 Å². The summed E-state index contributed by atoms with van der Waals surface area (Å²) in [4.78, 5) is 8.26. The summed E-state index contributed by atoms with van der Waals surface area (Å²) >= 11 is 0. The number of hydrogen-bond donors (Lipinski definition) is 1. The van der Waals surface area contributed by atoms with Crippen molar-refractivity contribution in [2.24, 2.45) is 0 Å². The van der Waals surface area contributed by atoms with Gasteiger partial charge in [-0.05, 0) is 37.1 Å². The first kappa shape index (κ1) is 11.1. The Morgan fingerprint density at radius 3 is 2.82 bits per heavy atom. The first-order valence-electron chi connectivity index (χ1n) is 5.25. The molecule has 2 heterocycles. The number of rotatable bonds is 2. The van der Waals surface area contributed by atoms with Gasteiger partial charge in [-0.25, -0.2) is 4.98 Å². The molecule has 4 nitrogen and oxygen atoms in total. The summed E-state index contributed by atoms with van der Waals surface area (Å²) in [6, 6.07) is 5.93. The fraction of sp³-hybridized carbons (Fsp3) is 0.154. The number of nitrogens with zero attached hydrogens (tertiary/aromatic N) is 3. The van der Waals surface area contributed by atoms with Crippen molar-refractivity contribution in [3.63, 3.8) is 0 Å². The van der Waals surface area contributed by atoms with Crippen LogP contribution >= 0.6 is 0 Å². The molecule has 0 fully saturated rings. The minimum Gasteiger partial charge on any atom is -0.338 e. The topological polar surface area (TPSA) is 61.6 Å². The van der Waals surface area contributed by atoms with Crippen LogP contribution in [0.3, 0.4) is 0 Å². The van der Waals surface area contributed by atoms with Gasteiger partial charge in [0.15, 0.2) is 0 Å². The molecule has 0 amide bonds. The van der Waals surface area contributed by atoms with E-state index in [-0.39, 0.29) is 0 Å². The molecule has 0 aromatic carbocycles. The zero-order chi connectivity index (χ0) is 12.3. The maximum absolute atomic E-state index is 9.09. The van der Waals surface area contributed by atoms with E-state index in [1.807, 2.05) is 26.0 Å². The summed E-state index contributed by atoms with van der Waals surface area (Å²) in [5.74, 6) is 0.569. The molecule has 2 rings (SSSR count). The average molecular weight is 224 g/mol. The van der Waals surface area contributed by atoms with Crippen LogP contribution in [0.1, 0.15) is 16.7 Å². The number of aromatic nitrogens is 2. The summed E-state index contributed by atoms with van der Waals surface area (Å²) in [6.45, 7) is 3.85. The Morgan fingerprint density at radius 1 is 1.29 bits per heavy atom. The van der Waals surface area contributed by atoms with Crippen LogP contribution in [0.4, 0.5) is 11.5 Å². The van der Waals surface area contributed by atoms with Crippen molar-refractivity contribution in [2.45, 2.75) is 13.8 Å². The van der Waals surface area contributed by atoms with E-state index in [2.05, 4.69) is 21.4 Å². The van der Waals surface area contributed by atoms with E-state index in [4.69, 9.17) is 5.26 Å². The maximum Gasteiger partial charge on any atom is 0.148 e. The van der Waals surface area contributed by atoms with Gasteiger partial charge in [-0.1, -0.05) is 0 Å². The predicted octanol–water partition coefficient (Wildman–Crippen LogP) is 2.71. The molecule has 84 valence electrons. The van der Waals surface area contributed by atoms with Crippen LogP contribution in [0.15, 0.2) is 30.7 Å². The predicted molar refractivity (Wildman–Crippen MR) is 65.9 cm³/mol. The van der Waals surface area contributed by atoms with E-state index in [1.54, 1.807) is 18.6 Å². The summed E-state index contributed by atoms with van der Waals surface area (Å²) in [7, 11) is 0. The molecular formula is C13H12N4. The third-order valence-corrected chi connectivity index (χ3v) is 2.41. The lowest BCUT2D eigenvalue weighted by atomic mass is 10.1. The van der Waals surface area contributed by atoms with Gasteiger partial charge >= 0.3 is 0 Å². The highest BCUT2D eigenvalue weighted by atomic mass is 15.0. The van der Waals surface area contributed by atoms with Crippen molar-refractivity contribution in [1.29, 1.82) is 5.26 Å². The molecule has 4 heteroatoms. The summed E-state index contributed by atoms with van der Waals surface area (Å²) < 4.78 is 0. The Balaban J connectivity index is 2.37. The van der Waals surface area contributed by atoms with Gasteiger partial charge in [0, 0.05) is 12.4 Å². The molecule has 0 atom stereocenters. The van der Waals surface area contributed by atoms with Crippen molar-refractivity contribution < 1.29 is 0 Å². The molecule has 0 bridgehead atoms. The van der Waals surface area contributed by atoms with Gasteiger partial charge in [0.2, 0.25) is 0 Å². The van der Waals surface area contributed by atoms with E-state index in [0.717, 1.165) is 16.8 Å². The second-order valence-electron chi connectivity index (χ2n) is 3.84. The lowest BCUT2D eigenvalue weighted by Gasteiger charge is -2.08. The van der Waals surface area contributed by atoms with Gasteiger partial charge in [-0.2, -0.15) is 5.26 Å². The molecule has 0 saturated heterocycles. The Bertz CT molecular complexity index is 584. The molecule has 17 heavy (non-hydrogen) atoms. The number of pyridine rings is 2. The van der Waals surface area contributed by atoms with Crippen LogP contribution in [-0.2, 0) is 0 Å². The standard InChI is InChI=1S/C13H12N4/c1-9-5-11(8-15-7-9)17-13-12(6-14)10(2)3-4-16-13/h3-5,7-8H,1-2H3,(H,16,17). The van der Waals surface area contributed by atoms with E-state index in [0.29, 0.717) is 11.4 Å². The Kier molecular flexibility index (Phi) is 3.01. The van der Waals surface area contributed by atoms with Crippen LogP contribution in [0, 0.1) is 25.2 Å². The van der Waals surface area contributed by atoms with Crippen LogP contribution in [-0.4, -0.2) is 9.97 Å². The van der Waals surface area contributed by atoms with E-state index >= 15 is 0 Å². The molecule has 2 aromatic rings. The highest BCUT2D eigenvalue weighted by Gasteiger charge is 2.06. The van der Waals surface area contributed by atoms with Crippen molar-refractivity contribution in [3.05, 3.63) is 47.4 Å². The van der Waals surface area contributed by atoms with E-state index in [1.165, 1.54) is 0 Å². The fourth-order valence-corrected chi connectivity index (χ4v) is 1.55. The van der Waals surface area contributed by atoms with Crippen molar-refractivity contribution >= 4 is 11.5 Å². The van der Waals surface area contributed by atoms with Crippen LogP contribution < -0.4 is 5.32 Å². The van der Waals surface area contributed by atoms with Crippen molar-refractivity contribution in [2.75, 3.05) is 5.32 Å². The highest BCUT2D eigenvalue weighted by molar-refractivity contribution is 5.63. The maximum atomic E-state index is 9.09. The van der Waals surface area contributed by atoms with Crippen molar-refractivity contribution in [3.8, 4) is 6.07 Å². The zero-order valence-electron chi connectivity index (χ0n) is 9.73. The lowest BCUT2D eigenvalue weighted by Crippen LogP contribution is -1.99. The first-order valence-corrected chi connectivity index (χ1v) is 5.25. The van der Waals surface area contributed by atoms with Crippen LogP contribution in [0.5, 0.6) is 0 Å². The molecule has 0 aliphatic rings. The zero-order valence-corrected chi connectivity index (χ0v) is 9.73. The van der Waals surface area contributed by atoms with E-state index < -0.39 is 0 Å². The molecular weight excluding hydrogens is 212 g/mol. The number of aryl methyl sites for hydroxylation is 2. The molecule has 0 unspecified atom stereocenters. The number of nitriles is 1. The number of nitrogens with one attached hydrogen (secondary N) is 1. The van der Waals surface area contributed by atoms with Crippen LogP contribution in [0.2, 0.25) is 0 Å². The van der Waals surface area contributed by atoms with Gasteiger partial charge in [0.1, 0.15) is 11.9 Å². The molecule has 1 N–H and O–H groups in total. The smallest absolute Gasteiger partial charge is 0.148 e. The monoisotopic (exact) mass is 224 g/mol. The fourth-order valence-electron chi connectivity index (χ4n) is 1.55. The molecule has 0 radical (unpaired) electrons. The highest BCUT2D eigenvalue weighted by Crippen LogP contribution is 2.20. The quantitative estimate of drug-likeness (QED) is 0.851. The number of anilines is 2. The van der Waals surface area contributed by atoms with Gasteiger partial charge < -0.3 is 5.32 Å². The van der Waals surface area contributed by atoms with Crippen molar-refractivity contribution in [1.82, 2.24) is 9.97 Å². The average Bonchev–Trinajstić information content (AvgIpc) is 2.29. The first-order chi connectivity index (χ1) is 8.20. The summed E-state index contributed by atoms with van der Waals surface area (Å²) in [5.41, 5.74) is 3.36. The minimum absolute atomic E-state index is 0.564. The van der Waals surface area contributed by atoms with Gasteiger partial charge in [0.25, 0.3) is 0 Å². The third-order valence-electron chi connectivity index (χ3n) is 2.41. The number of hydrogen-bond acceptors (Lipinski definition) is 4. The largest absolute Gasteiger partial charge is 0.338 e. The van der Waals surface area contributed by atoms with Crippen LogP contribution in [0.25, 0.3) is 0 Å².